The van der Waals surface area contributed by atoms with E-state index in [4.69, 9.17) is 11.6 Å². The van der Waals surface area contributed by atoms with Gasteiger partial charge in [-0.3, -0.25) is 0 Å². The Morgan fingerprint density at radius 2 is 1.90 bits per heavy atom. The lowest BCUT2D eigenvalue weighted by molar-refractivity contribution is -0.135. The first kappa shape index (κ1) is 18.0. The van der Waals surface area contributed by atoms with E-state index in [0.29, 0.717) is 23.6 Å². The number of hydrogen-bond acceptors (Lipinski definition) is 2. The lowest BCUT2D eigenvalue weighted by Crippen LogP contribution is -2.17. The first-order valence-corrected chi connectivity index (χ1v) is 6.66. The number of halogens is 6. The molecule has 0 aliphatic carbocycles. The number of rotatable bonds is 8. The molecule has 0 bridgehead atoms. The van der Waals surface area contributed by atoms with E-state index < -0.39 is 19.2 Å². The van der Waals surface area contributed by atoms with Crippen LogP contribution in [0.1, 0.15) is 24.8 Å². The molecule has 0 atom stereocenters. The van der Waals surface area contributed by atoms with Crippen molar-refractivity contribution < 1.29 is 26.7 Å². The first-order valence-electron chi connectivity index (χ1n) is 6.28. The number of alkyl halides is 5. The SMILES string of the molecule is FC(F)Oc1ccc(Cl)cc1CNCCCCC(F)(F)F. The van der Waals surface area contributed by atoms with Crippen molar-refractivity contribution in [2.75, 3.05) is 6.54 Å². The molecule has 0 saturated carbocycles. The van der Waals surface area contributed by atoms with E-state index >= 15 is 0 Å². The van der Waals surface area contributed by atoms with Gasteiger partial charge >= 0.3 is 12.8 Å². The second-order valence-corrected chi connectivity index (χ2v) is 4.82. The van der Waals surface area contributed by atoms with Gasteiger partial charge in [0, 0.05) is 23.6 Å². The molecule has 0 fully saturated rings. The maximum Gasteiger partial charge on any atom is 0.389 e. The Hall–Kier alpha value is -1.08. The lowest BCUT2D eigenvalue weighted by Gasteiger charge is -2.12. The van der Waals surface area contributed by atoms with Gasteiger partial charge in [-0.1, -0.05) is 11.6 Å². The van der Waals surface area contributed by atoms with Crippen LogP contribution in [0.3, 0.4) is 0 Å². The largest absolute Gasteiger partial charge is 0.434 e. The van der Waals surface area contributed by atoms with Crippen LogP contribution in [0.4, 0.5) is 22.0 Å². The van der Waals surface area contributed by atoms with E-state index in [1.165, 1.54) is 18.2 Å². The molecular formula is C13H15ClF5NO. The Morgan fingerprint density at radius 3 is 2.52 bits per heavy atom. The maximum atomic E-state index is 12.2. The van der Waals surface area contributed by atoms with Crippen molar-refractivity contribution in [3.05, 3.63) is 28.8 Å². The summed E-state index contributed by atoms with van der Waals surface area (Å²) >= 11 is 5.77. The predicted molar refractivity (Wildman–Crippen MR) is 69.7 cm³/mol. The highest BCUT2D eigenvalue weighted by molar-refractivity contribution is 6.30. The molecule has 1 aromatic carbocycles. The van der Waals surface area contributed by atoms with E-state index in [9.17, 15) is 22.0 Å². The van der Waals surface area contributed by atoms with Crippen molar-refractivity contribution in [2.45, 2.75) is 38.6 Å². The van der Waals surface area contributed by atoms with Crippen molar-refractivity contribution in [3.8, 4) is 5.75 Å². The van der Waals surface area contributed by atoms with E-state index in [0.717, 1.165) is 0 Å². The van der Waals surface area contributed by atoms with Crippen LogP contribution in [-0.4, -0.2) is 19.3 Å². The van der Waals surface area contributed by atoms with Crippen molar-refractivity contribution in [2.24, 2.45) is 0 Å². The van der Waals surface area contributed by atoms with Gasteiger partial charge in [-0.25, -0.2) is 0 Å². The summed E-state index contributed by atoms with van der Waals surface area (Å²) < 4.78 is 64.6. The number of unbranched alkanes of at least 4 members (excludes halogenated alkanes) is 1. The van der Waals surface area contributed by atoms with E-state index in [1.807, 2.05) is 0 Å². The molecule has 8 heteroatoms. The van der Waals surface area contributed by atoms with Crippen LogP contribution in [0.5, 0.6) is 5.75 Å². The zero-order valence-electron chi connectivity index (χ0n) is 11.0. The summed E-state index contributed by atoms with van der Waals surface area (Å²) in [4.78, 5) is 0. The summed E-state index contributed by atoms with van der Waals surface area (Å²) in [5.41, 5.74) is 0.429. The predicted octanol–water partition coefficient (Wildman–Crippen LogP) is 4.76. The van der Waals surface area contributed by atoms with E-state index in [-0.39, 0.29) is 18.7 Å². The molecule has 0 heterocycles. The molecule has 1 N–H and O–H groups in total. The third-order valence-electron chi connectivity index (χ3n) is 2.62. The highest BCUT2D eigenvalue weighted by atomic mass is 35.5. The fraction of sp³-hybridized carbons (Fsp3) is 0.538. The molecular weight excluding hydrogens is 317 g/mol. The third kappa shape index (κ3) is 8.06. The molecule has 0 spiro atoms. The third-order valence-corrected chi connectivity index (χ3v) is 2.85. The summed E-state index contributed by atoms with van der Waals surface area (Å²) in [5.74, 6) is -0.00260. The highest BCUT2D eigenvalue weighted by Gasteiger charge is 2.25. The first-order chi connectivity index (χ1) is 9.78. The molecule has 1 rings (SSSR count). The summed E-state index contributed by atoms with van der Waals surface area (Å²) in [6.07, 6.45) is -4.62. The summed E-state index contributed by atoms with van der Waals surface area (Å²) in [5, 5.41) is 3.24. The minimum atomic E-state index is -4.15. The summed E-state index contributed by atoms with van der Waals surface area (Å²) in [7, 11) is 0. The summed E-state index contributed by atoms with van der Waals surface area (Å²) in [6.45, 7) is -2.41. The Bertz CT molecular complexity index is 439. The van der Waals surface area contributed by atoms with Crippen LogP contribution in [0.25, 0.3) is 0 Å². The smallest absolute Gasteiger partial charge is 0.389 e. The minimum absolute atomic E-state index is 0.00260. The molecule has 0 aliphatic rings. The average Bonchev–Trinajstić information content (AvgIpc) is 2.35. The Balaban J connectivity index is 2.38. The van der Waals surface area contributed by atoms with Crippen LogP contribution in [0.15, 0.2) is 18.2 Å². The van der Waals surface area contributed by atoms with Gasteiger partial charge in [0.05, 0.1) is 0 Å². The normalized spacial score (nSPS) is 12.0. The topological polar surface area (TPSA) is 21.3 Å². The quantitative estimate of drug-likeness (QED) is 0.547. The molecule has 0 unspecified atom stereocenters. The van der Waals surface area contributed by atoms with Crippen molar-refractivity contribution >= 4 is 11.6 Å². The Morgan fingerprint density at radius 1 is 1.19 bits per heavy atom. The zero-order chi connectivity index (χ0) is 15.9. The van der Waals surface area contributed by atoms with E-state index in [2.05, 4.69) is 10.1 Å². The molecule has 0 aromatic heterocycles. The van der Waals surface area contributed by atoms with Crippen molar-refractivity contribution in [3.63, 3.8) is 0 Å². The Labute approximate surface area is 124 Å². The van der Waals surface area contributed by atoms with Crippen LogP contribution in [0, 0.1) is 0 Å². The summed E-state index contributed by atoms with van der Waals surface area (Å²) in [6, 6.07) is 4.23. The fourth-order valence-corrected chi connectivity index (χ4v) is 1.89. The number of ether oxygens (including phenoxy) is 1. The van der Waals surface area contributed by atoms with Gasteiger partial charge in [-0.05, 0) is 37.6 Å². The van der Waals surface area contributed by atoms with Crippen LogP contribution < -0.4 is 10.1 Å². The Kier molecular flexibility index (Phi) is 7.17. The molecule has 120 valence electrons. The second-order valence-electron chi connectivity index (χ2n) is 4.38. The van der Waals surface area contributed by atoms with E-state index in [1.54, 1.807) is 0 Å². The van der Waals surface area contributed by atoms with Crippen LogP contribution in [-0.2, 0) is 6.54 Å². The number of hydrogen-bond donors (Lipinski definition) is 1. The molecule has 0 radical (unpaired) electrons. The maximum absolute atomic E-state index is 12.2. The molecule has 0 saturated heterocycles. The molecule has 2 nitrogen and oxygen atoms in total. The van der Waals surface area contributed by atoms with Gasteiger partial charge < -0.3 is 10.1 Å². The average molecular weight is 332 g/mol. The van der Waals surface area contributed by atoms with Gasteiger partial charge in [0.1, 0.15) is 5.75 Å². The monoisotopic (exact) mass is 331 g/mol. The van der Waals surface area contributed by atoms with Crippen molar-refractivity contribution in [1.82, 2.24) is 5.32 Å². The zero-order valence-corrected chi connectivity index (χ0v) is 11.8. The van der Waals surface area contributed by atoms with Gasteiger partial charge in [-0.2, -0.15) is 22.0 Å². The van der Waals surface area contributed by atoms with Crippen LogP contribution >= 0.6 is 11.6 Å². The highest BCUT2D eigenvalue weighted by Crippen LogP contribution is 2.25. The molecule has 21 heavy (non-hydrogen) atoms. The molecule has 0 aliphatic heterocycles. The number of nitrogens with one attached hydrogen (secondary N) is 1. The van der Waals surface area contributed by atoms with Crippen molar-refractivity contribution in [1.29, 1.82) is 0 Å². The molecule has 1 aromatic rings. The standard InChI is InChI=1S/C13H15ClF5NO/c14-10-3-4-11(21-12(15)16)9(7-10)8-20-6-2-1-5-13(17,18)19/h3-4,7,12,20H,1-2,5-6,8H2. The van der Waals surface area contributed by atoms with Gasteiger partial charge in [0.2, 0.25) is 0 Å². The van der Waals surface area contributed by atoms with Gasteiger partial charge in [0.25, 0.3) is 0 Å². The number of benzene rings is 1. The second kappa shape index (κ2) is 8.38. The lowest BCUT2D eigenvalue weighted by atomic mass is 10.2. The van der Waals surface area contributed by atoms with Crippen LogP contribution in [0.2, 0.25) is 5.02 Å². The fourth-order valence-electron chi connectivity index (χ4n) is 1.70. The van der Waals surface area contributed by atoms with Gasteiger partial charge in [0.15, 0.2) is 0 Å². The minimum Gasteiger partial charge on any atom is -0.434 e. The van der Waals surface area contributed by atoms with Gasteiger partial charge in [-0.15, -0.1) is 0 Å². The molecule has 0 amide bonds.